The van der Waals surface area contributed by atoms with Gasteiger partial charge < -0.3 is 8.83 Å². The fourth-order valence-corrected chi connectivity index (χ4v) is 9.10. The van der Waals surface area contributed by atoms with Crippen LogP contribution in [0.3, 0.4) is 0 Å². The van der Waals surface area contributed by atoms with Crippen molar-refractivity contribution in [2.24, 2.45) is 0 Å². The Bertz CT molecular complexity index is 3490. The van der Waals surface area contributed by atoms with Crippen LogP contribution in [0.5, 0.6) is 0 Å². The van der Waals surface area contributed by atoms with E-state index < -0.39 is 0 Å². The standard InChI is InChI=1S/C54H32O2/c1-2-13-35-32-51-47(31-34(35)12-1)54-40(23-11-25-50(54)56-51)37-15-10-17-39(29-37)53-44-21-5-3-19-42(44)52(43-20-4-6-22-45(43)53)38-16-9-14-33(28-38)36-26-27-49-46(30-36)41-18-7-8-24-48(41)55-49/h1-32H. The first-order valence-electron chi connectivity index (χ1n) is 19.2. The molecule has 10 aromatic carbocycles. The lowest BCUT2D eigenvalue weighted by Gasteiger charge is -2.18. The van der Waals surface area contributed by atoms with Gasteiger partial charge >= 0.3 is 0 Å². The molecule has 0 spiro atoms. The van der Waals surface area contributed by atoms with E-state index in [-0.39, 0.29) is 0 Å². The molecule has 0 radical (unpaired) electrons. The third-order valence-electron chi connectivity index (χ3n) is 11.6. The largest absolute Gasteiger partial charge is 0.456 e. The Balaban J connectivity index is 1.04. The highest BCUT2D eigenvalue weighted by Gasteiger charge is 2.19. The van der Waals surface area contributed by atoms with Crippen molar-refractivity contribution in [2.45, 2.75) is 0 Å². The molecule has 260 valence electrons. The predicted octanol–water partition coefficient (Wildman–Crippen LogP) is 15.6. The molecule has 0 amide bonds. The molecule has 0 saturated carbocycles. The summed E-state index contributed by atoms with van der Waals surface area (Å²) in [7, 11) is 0. The smallest absolute Gasteiger partial charge is 0.136 e. The molecule has 0 fully saturated rings. The molecule has 12 aromatic rings. The van der Waals surface area contributed by atoms with Crippen molar-refractivity contribution in [3.05, 3.63) is 194 Å². The lowest BCUT2D eigenvalue weighted by atomic mass is 9.85. The molecule has 0 saturated heterocycles. The summed E-state index contributed by atoms with van der Waals surface area (Å²) in [5.41, 5.74) is 13.2. The Morgan fingerprint density at radius 3 is 1.46 bits per heavy atom. The van der Waals surface area contributed by atoms with Gasteiger partial charge in [0.1, 0.15) is 22.3 Å². The number of hydrogen-bond donors (Lipinski definition) is 0. The van der Waals surface area contributed by atoms with E-state index in [4.69, 9.17) is 8.83 Å². The minimum atomic E-state index is 0.902. The number of para-hydroxylation sites is 1. The normalized spacial score (nSPS) is 11.9. The van der Waals surface area contributed by atoms with Gasteiger partial charge in [0, 0.05) is 21.5 Å². The lowest BCUT2D eigenvalue weighted by molar-refractivity contribution is 0.669. The molecule has 0 aliphatic carbocycles. The van der Waals surface area contributed by atoms with Crippen LogP contribution in [-0.4, -0.2) is 0 Å². The molecule has 0 N–H and O–H groups in total. The first-order valence-corrected chi connectivity index (χ1v) is 19.2. The maximum atomic E-state index is 6.47. The highest BCUT2D eigenvalue weighted by molar-refractivity contribution is 6.22. The van der Waals surface area contributed by atoms with E-state index in [0.717, 1.165) is 49.4 Å². The Morgan fingerprint density at radius 1 is 0.250 bits per heavy atom. The summed E-state index contributed by atoms with van der Waals surface area (Å²) in [6.07, 6.45) is 0. The summed E-state index contributed by atoms with van der Waals surface area (Å²) in [5, 5.41) is 11.9. The van der Waals surface area contributed by atoms with Crippen LogP contribution < -0.4 is 0 Å². The van der Waals surface area contributed by atoms with Gasteiger partial charge in [-0.15, -0.1) is 0 Å². The van der Waals surface area contributed by atoms with Crippen molar-refractivity contribution in [1.82, 2.24) is 0 Å². The van der Waals surface area contributed by atoms with Crippen LogP contribution in [0.2, 0.25) is 0 Å². The highest BCUT2D eigenvalue weighted by Crippen LogP contribution is 2.46. The molecule has 2 nitrogen and oxygen atoms in total. The van der Waals surface area contributed by atoms with Gasteiger partial charge in [-0.1, -0.05) is 146 Å². The van der Waals surface area contributed by atoms with E-state index >= 15 is 0 Å². The van der Waals surface area contributed by atoms with Crippen molar-refractivity contribution in [3.8, 4) is 44.5 Å². The second kappa shape index (κ2) is 12.0. The van der Waals surface area contributed by atoms with Crippen LogP contribution in [0.1, 0.15) is 0 Å². The zero-order chi connectivity index (χ0) is 36.7. The zero-order valence-corrected chi connectivity index (χ0v) is 30.3. The molecule has 2 heteroatoms. The molecular weight excluding hydrogens is 681 g/mol. The molecule has 56 heavy (non-hydrogen) atoms. The van der Waals surface area contributed by atoms with Crippen LogP contribution >= 0.6 is 0 Å². The number of furan rings is 2. The average Bonchev–Trinajstić information content (AvgIpc) is 3.82. The van der Waals surface area contributed by atoms with Crippen molar-refractivity contribution >= 4 is 76.2 Å². The Hall–Kier alpha value is -7.42. The molecule has 2 heterocycles. The van der Waals surface area contributed by atoms with Crippen LogP contribution in [0.25, 0.3) is 121 Å². The second-order valence-electron chi connectivity index (χ2n) is 14.8. The van der Waals surface area contributed by atoms with Crippen LogP contribution in [0.15, 0.2) is 203 Å². The fourth-order valence-electron chi connectivity index (χ4n) is 9.10. The molecule has 2 aromatic heterocycles. The average molecular weight is 713 g/mol. The summed E-state index contributed by atoms with van der Waals surface area (Å²) in [6, 6.07) is 70.0. The van der Waals surface area contributed by atoms with Gasteiger partial charge in [0.15, 0.2) is 0 Å². The maximum absolute atomic E-state index is 6.47. The number of benzene rings is 10. The van der Waals surface area contributed by atoms with E-state index in [2.05, 4.69) is 182 Å². The number of fused-ring (bicyclic) bond motifs is 9. The number of hydrogen-bond acceptors (Lipinski definition) is 2. The van der Waals surface area contributed by atoms with Crippen LogP contribution in [-0.2, 0) is 0 Å². The van der Waals surface area contributed by atoms with Gasteiger partial charge in [0.2, 0.25) is 0 Å². The minimum absolute atomic E-state index is 0.902. The molecule has 0 atom stereocenters. The summed E-state index contributed by atoms with van der Waals surface area (Å²) in [4.78, 5) is 0. The van der Waals surface area contributed by atoms with Gasteiger partial charge in [-0.3, -0.25) is 0 Å². The van der Waals surface area contributed by atoms with Gasteiger partial charge in [-0.2, -0.15) is 0 Å². The Kier molecular flexibility index (Phi) is 6.66. The fraction of sp³-hybridized carbons (Fsp3) is 0. The molecule has 0 unspecified atom stereocenters. The lowest BCUT2D eigenvalue weighted by Crippen LogP contribution is -1.91. The van der Waals surface area contributed by atoms with Crippen molar-refractivity contribution in [1.29, 1.82) is 0 Å². The zero-order valence-electron chi connectivity index (χ0n) is 30.3. The topological polar surface area (TPSA) is 26.3 Å². The van der Waals surface area contributed by atoms with Gasteiger partial charge in [0.25, 0.3) is 0 Å². The molecule has 0 aliphatic rings. The van der Waals surface area contributed by atoms with Crippen LogP contribution in [0, 0.1) is 0 Å². The maximum Gasteiger partial charge on any atom is 0.136 e. The first kappa shape index (κ1) is 31.0. The van der Waals surface area contributed by atoms with Gasteiger partial charge in [-0.05, 0) is 125 Å². The van der Waals surface area contributed by atoms with E-state index in [1.54, 1.807) is 0 Å². The van der Waals surface area contributed by atoms with Crippen molar-refractivity contribution in [3.63, 3.8) is 0 Å². The Morgan fingerprint density at radius 2 is 0.750 bits per heavy atom. The SMILES string of the molecule is c1cc(-c2ccc3oc4ccccc4c3c2)cc(-c2c3ccccc3c(-c3cccc(-c4cccc5oc6cc7ccccc7cc6c45)c3)c3ccccc23)c1. The van der Waals surface area contributed by atoms with Crippen LogP contribution in [0.4, 0.5) is 0 Å². The molecule has 12 rings (SSSR count). The first-order chi connectivity index (χ1) is 27.7. The second-order valence-corrected chi connectivity index (χ2v) is 14.8. The minimum Gasteiger partial charge on any atom is -0.456 e. The monoisotopic (exact) mass is 712 g/mol. The Labute approximate surface area is 322 Å². The molecular formula is C54H32O2. The molecule has 0 bridgehead atoms. The van der Waals surface area contributed by atoms with Crippen molar-refractivity contribution < 1.29 is 8.83 Å². The third-order valence-corrected chi connectivity index (χ3v) is 11.6. The van der Waals surface area contributed by atoms with E-state index in [1.165, 1.54) is 71.3 Å². The van der Waals surface area contributed by atoms with E-state index in [9.17, 15) is 0 Å². The summed E-state index contributed by atoms with van der Waals surface area (Å²) in [5.74, 6) is 0. The summed E-state index contributed by atoms with van der Waals surface area (Å²) in [6.45, 7) is 0. The number of rotatable bonds is 4. The quantitative estimate of drug-likeness (QED) is 0.170. The van der Waals surface area contributed by atoms with E-state index in [0.29, 0.717) is 0 Å². The van der Waals surface area contributed by atoms with Gasteiger partial charge in [-0.25, -0.2) is 0 Å². The summed E-state index contributed by atoms with van der Waals surface area (Å²) >= 11 is 0. The predicted molar refractivity (Wildman–Crippen MR) is 235 cm³/mol. The summed E-state index contributed by atoms with van der Waals surface area (Å²) < 4.78 is 12.6. The molecule has 0 aliphatic heterocycles. The third kappa shape index (κ3) is 4.69. The van der Waals surface area contributed by atoms with Crippen molar-refractivity contribution in [2.75, 3.05) is 0 Å². The van der Waals surface area contributed by atoms with Gasteiger partial charge in [0.05, 0.1) is 0 Å². The van der Waals surface area contributed by atoms with E-state index in [1.807, 2.05) is 12.1 Å². The highest BCUT2D eigenvalue weighted by atomic mass is 16.3.